The summed E-state index contributed by atoms with van der Waals surface area (Å²) in [5, 5.41) is 0.249. The summed E-state index contributed by atoms with van der Waals surface area (Å²) in [6, 6.07) is 2.76. The maximum Gasteiger partial charge on any atom is 0.264 e. The molecule has 0 heterocycles. The Hall–Kier alpha value is -1.49. The second-order valence-electron chi connectivity index (χ2n) is 4.08. The van der Waals surface area contributed by atoms with Gasteiger partial charge in [-0.05, 0) is 30.8 Å². The molecule has 0 amide bonds. The first kappa shape index (κ1) is 12.0. The predicted molar refractivity (Wildman–Crippen MR) is 66.0 cm³/mol. The van der Waals surface area contributed by atoms with Crippen molar-refractivity contribution in [2.24, 2.45) is 0 Å². The van der Waals surface area contributed by atoms with Crippen LogP contribution in [0.3, 0.4) is 0 Å². The van der Waals surface area contributed by atoms with Crippen LogP contribution in [-0.4, -0.2) is 30.0 Å². The van der Waals surface area contributed by atoms with Crippen molar-refractivity contribution in [2.75, 3.05) is 14.1 Å². The molecule has 1 aromatic carbocycles. The van der Waals surface area contributed by atoms with Crippen molar-refractivity contribution in [1.82, 2.24) is 4.90 Å². The van der Waals surface area contributed by atoms with E-state index < -0.39 is 0 Å². The SMILES string of the molecule is CN(C)C(=S)Oc1ccc(F)c2c1C(=O)CC2. The second-order valence-corrected chi connectivity index (χ2v) is 4.43. The fourth-order valence-corrected chi connectivity index (χ4v) is 1.87. The molecule has 3 nitrogen and oxygen atoms in total. The summed E-state index contributed by atoms with van der Waals surface area (Å²) in [5.74, 6) is -0.0902. The van der Waals surface area contributed by atoms with Gasteiger partial charge in [0.05, 0.1) is 5.56 Å². The number of benzene rings is 1. The minimum absolute atomic E-state index is 0.0870. The van der Waals surface area contributed by atoms with Crippen molar-refractivity contribution in [3.8, 4) is 5.75 Å². The Morgan fingerprint density at radius 3 is 2.76 bits per heavy atom. The summed E-state index contributed by atoms with van der Waals surface area (Å²) in [5.41, 5.74) is 0.781. The van der Waals surface area contributed by atoms with Crippen molar-refractivity contribution in [3.63, 3.8) is 0 Å². The number of nitrogens with zero attached hydrogens (tertiary/aromatic N) is 1. The third kappa shape index (κ3) is 2.15. The van der Waals surface area contributed by atoms with E-state index in [9.17, 15) is 9.18 Å². The number of thiocarbonyl (C=S) groups is 1. The van der Waals surface area contributed by atoms with Gasteiger partial charge in [-0.25, -0.2) is 4.39 Å². The van der Waals surface area contributed by atoms with Gasteiger partial charge in [0.15, 0.2) is 5.78 Å². The number of Topliss-reactive ketones (excluding diaryl/α,β-unsaturated/α-hetero) is 1. The molecule has 1 aliphatic rings. The van der Waals surface area contributed by atoms with Crippen LogP contribution < -0.4 is 4.74 Å². The Morgan fingerprint density at radius 2 is 2.12 bits per heavy atom. The number of rotatable bonds is 1. The van der Waals surface area contributed by atoms with E-state index in [1.54, 1.807) is 19.0 Å². The number of ether oxygens (including phenoxy) is 1. The zero-order valence-corrected chi connectivity index (χ0v) is 10.4. The minimum Gasteiger partial charge on any atom is -0.431 e. The lowest BCUT2D eigenvalue weighted by molar-refractivity contribution is 0.0993. The van der Waals surface area contributed by atoms with E-state index in [1.807, 2.05) is 0 Å². The summed E-state index contributed by atoms with van der Waals surface area (Å²) < 4.78 is 18.9. The molecule has 0 fully saturated rings. The van der Waals surface area contributed by atoms with Gasteiger partial charge in [-0.15, -0.1) is 0 Å². The molecule has 0 bridgehead atoms. The van der Waals surface area contributed by atoms with E-state index in [2.05, 4.69) is 0 Å². The van der Waals surface area contributed by atoms with Crippen LogP contribution in [0.5, 0.6) is 5.75 Å². The van der Waals surface area contributed by atoms with E-state index in [-0.39, 0.29) is 16.8 Å². The molecule has 1 aliphatic carbocycles. The molecule has 0 saturated heterocycles. The van der Waals surface area contributed by atoms with Crippen molar-refractivity contribution in [2.45, 2.75) is 12.8 Å². The molecular formula is C12H12FNO2S. The van der Waals surface area contributed by atoms with Crippen LogP contribution in [0, 0.1) is 5.82 Å². The maximum atomic E-state index is 13.5. The second kappa shape index (κ2) is 4.41. The molecule has 0 saturated carbocycles. The number of ketones is 1. The van der Waals surface area contributed by atoms with Crippen molar-refractivity contribution in [1.29, 1.82) is 0 Å². The van der Waals surface area contributed by atoms with E-state index in [4.69, 9.17) is 17.0 Å². The van der Waals surface area contributed by atoms with E-state index in [0.717, 1.165) is 0 Å². The molecule has 2 rings (SSSR count). The zero-order valence-electron chi connectivity index (χ0n) is 9.62. The van der Waals surface area contributed by atoms with E-state index in [1.165, 1.54) is 12.1 Å². The summed E-state index contributed by atoms with van der Waals surface area (Å²) in [6.45, 7) is 0. The molecule has 0 unspecified atom stereocenters. The molecule has 5 heteroatoms. The fraction of sp³-hybridized carbons (Fsp3) is 0.333. The number of carbonyl (C=O) groups excluding carboxylic acids is 1. The van der Waals surface area contributed by atoms with E-state index >= 15 is 0 Å². The Balaban J connectivity index is 2.40. The topological polar surface area (TPSA) is 29.5 Å². The Bertz CT molecular complexity index is 500. The molecular weight excluding hydrogens is 241 g/mol. The van der Waals surface area contributed by atoms with Gasteiger partial charge in [0.25, 0.3) is 5.17 Å². The lowest BCUT2D eigenvalue weighted by Gasteiger charge is -2.16. The molecule has 90 valence electrons. The molecule has 1 aromatic rings. The van der Waals surface area contributed by atoms with Gasteiger partial charge in [-0.2, -0.15) is 0 Å². The smallest absolute Gasteiger partial charge is 0.264 e. The largest absolute Gasteiger partial charge is 0.431 e. The van der Waals surface area contributed by atoms with Crippen LogP contribution in [0.25, 0.3) is 0 Å². The zero-order chi connectivity index (χ0) is 12.6. The van der Waals surface area contributed by atoms with Crippen LogP contribution in [-0.2, 0) is 6.42 Å². The highest BCUT2D eigenvalue weighted by Gasteiger charge is 2.27. The quantitative estimate of drug-likeness (QED) is 0.717. The lowest BCUT2D eigenvalue weighted by Crippen LogP contribution is -2.25. The molecule has 0 radical (unpaired) electrons. The van der Waals surface area contributed by atoms with Crippen molar-refractivity contribution in [3.05, 3.63) is 29.1 Å². The van der Waals surface area contributed by atoms with Gasteiger partial charge in [0.1, 0.15) is 11.6 Å². The van der Waals surface area contributed by atoms with Gasteiger partial charge in [0, 0.05) is 26.1 Å². The van der Waals surface area contributed by atoms with Gasteiger partial charge in [0.2, 0.25) is 0 Å². The van der Waals surface area contributed by atoms with Gasteiger partial charge >= 0.3 is 0 Å². The summed E-state index contributed by atoms with van der Waals surface area (Å²) in [7, 11) is 3.49. The third-order valence-electron chi connectivity index (χ3n) is 2.66. The number of fused-ring (bicyclic) bond motifs is 1. The van der Waals surface area contributed by atoms with Crippen molar-refractivity contribution >= 4 is 23.2 Å². The highest BCUT2D eigenvalue weighted by Crippen LogP contribution is 2.32. The highest BCUT2D eigenvalue weighted by atomic mass is 32.1. The first-order valence-corrected chi connectivity index (χ1v) is 5.65. The molecule has 0 aromatic heterocycles. The van der Waals surface area contributed by atoms with Crippen LogP contribution in [0.2, 0.25) is 0 Å². The minimum atomic E-state index is -0.353. The van der Waals surface area contributed by atoms with Crippen LogP contribution in [0.1, 0.15) is 22.3 Å². The normalized spacial score (nSPS) is 13.5. The number of halogens is 1. The third-order valence-corrected chi connectivity index (χ3v) is 3.11. The number of hydrogen-bond acceptors (Lipinski definition) is 3. The van der Waals surface area contributed by atoms with Crippen molar-refractivity contribution < 1.29 is 13.9 Å². The van der Waals surface area contributed by atoms with Gasteiger partial charge < -0.3 is 9.64 Å². The monoisotopic (exact) mass is 253 g/mol. The molecule has 0 atom stereocenters. The van der Waals surface area contributed by atoms with Crippen LogP contribution in [0.15, 0.2) is 12.1 Å². The lowest BCUT2D eigenvalue weighted by atomic mass is 10.1. The molecule has 17 heavy (non-hydrogen) atoms. The van der Waals surface area contributed by atoms with E-state index in [0.29, 0.717) is 29.7 Å². The maximum absolute atomic E-state index is 13.5. The Labute approximate surface area is 104 Å². The standard InChI is InChI=1S/C12H12FNO2S/c1-14(2)12(17)16-10-6-4-8(13)7-3-5-9(15)11(7)10/h4,6H,3,5H2,1-2H3. The first-order chi connectivity index (χ1) is 8.00. The van der Waals surface area contributed by atoms with Crippen LogP contribution >= 0.6 is 12.2 Å². The Morgan fingerprint density at radius 1 is 1.41 bits per heavy atom. The first-order valence-electron chi connectivity index (χ1n) is 5.24. The van der Waals surface area contributed by atoms with Crippen LogP contribution in [0.4, 0.5) is 4.39 Å². The number of hydrogen-bond donors (Lipinski definition) is 0. The van der Waals surface area contributed by atoms with Gasteiger partial charge in [-0.1, -0.05) is 0 Å². The predicted octanol–water partition coefficient (Wildman–Crippen LogP) is 2.18. The van der Waals surface area contributed by atoms with Gasteiger partial charge in [-0.3, -0.25) is 4.79 Å². The molecule has 0 N–H and O–H groups in total. The average Bonchev–Trinajstić information content (AvgIpc) is 2.66. The summed E-state index contributed by atoms with van der Waals surface area (Å²) in [6.07, 6.45) is 0.771. The average molecular weight is 253 g/mol. The number of carbonyl (C=O) groups is 1. The fourth-order valence-electron chi connectivity index (χ4n) is 1.78. The molecule has 0 spiro atoms. The molecule has 0 aliphatic heterocycles. The summed E-state index contributed by atoms with van der Waals surface area (Å²) in [4.78, 5) is 13.3. The Kier molecular flexibility index (Phi) is 3.11. The highest BCUT2D eigenvalue weighted by molar-refractivity contribution is 7.80. The summed E-state index contributed by atoms with van der Waals surface area (Å²) >= 11 is 5.00.